The molecule has 2 nitrogen and oxygen atoms in total. The Hall–Kier alpha value is -0.860. The van der Waals surface area contributed by atoms with Gasteiger partial charge in [-0.2, -0.15) is 0 Å². The molecule has 0 amide bonds. The average molecular weight is 232 g/mol. The van der Waals surface area contributed by atoms with Crippen LogP contribution in [0.15, 0.2) is 18.2 Å². The Labute approximate surface area is 105 Å². The minimum Gasteiger partial charge on any atom is -0.326 e. The van der Waals surface area contributed by atoms with Crippen molar-refractivity contribution >= 4 is 0 Å². The molecule has 94 valence electrons. The summed E-state index contributed by atoms with van der Waals surface area (Å²) in [6.45, 7) is 5.38. The first-order chi connectivity index (χ1) is 8.16. The summed E-state index contributed by atoms with van der Waals surface area (Å²) in [5.74, 6) is 0. The van der Waals surface area contributed by atoms with Gasteiger partial charge >= 0.3 is 0 Å². The Kier molecular flexibility index (Phi) is 4.19. The topological polar surface area (TPSA) is 38.0 Å². The highest BCUT2D eigenvalue weighted by Crippen LogP contribution is 2.17. The summed E-state index contributed by atoms with van der Waals surface area (Å²) in [5, 5.41) is 3.59. The lowest BCUT2D eigenvalue weighted by molar-refractivity contribution is 0.479. The molecule has 1 fully saturated rings. The van der Waals surface area contributed by atoms with Gasteiger partial charge in [-0.15, -0.1) is 0 Å². The van der Waals surface area contributed by atoms with Gasteiger partial charge in [0.1, 0.15) is 0 Å². The van der Waals surface area contributed by atoms with Gasteiger partial charge in [-0.3, -0.25) is 0 Å². The number of hydrogen-bond donors (Lipinski definition) is 2. The maximum atomic E-state index is 6.04. The molecule has 1 aromatic rings. The monoisotopic (exact) mass is 232 g/mol. The minimum absolute atomic E-state index is 0.370. The van der Waals surface area contributed by atoms with Crippen molar-refractivity contribution in [1.82, 2.24) is 5.32 Å². The summed E-state index contributed by atoms with van der Waals surface area (Å²) in [6, 6.07) is 7.66. The van der Waals surface area contributed by atoms with Crippen molar-refractivity contribution in [2.75, 3.05) is 6.54 Å². The zero-order valence-corrected chi connectivity index (χ0v) is 11.0. The molecule has 2 atom stereocenters. The predicted molar refractivity (Wildman–Crippen MR) is 73.2 cm³/mol. The zero-order chi connectivity index (χ0) is 12.3. The smallest absolute Gasteiger partial charge is 0.0219 e. The molecule has 0 aliphatic heterocycles. The van der Waals surface area contributed by atoms with Crippen LogP contribution in [0.1, 0.15) is 36.0 Å². The Morgan fingerprint density at radius 2 is 2.06 bits per heavy atom. The van der Waals surface area contributed by atoms with Crippen LogP contribution in [0.3, 0.4) is 0 Å². The Morgan fingerprint density at radius 3 is 2.71 bits per heavy atom. The highest BCUT2D eigenvalue weighted by Gasteiger charge is 2.22. The second-order valence-electron chi connectivity index (χ2n) is 5.32. The standard InChI is InChI=1S/C15H24N2/c1-11-6-7-13(10-12(11)2)8-9-17-15-5-3-4-14(15)16/h6-7,10,14-15,17H,3-5,8-9,16H2,1-2H3. The van der Waals surface area contributed by atoms with Crippen LogP contribution < -0.4 is 11.1 Å². The average Bonchev–Trinajstić information content (AvgIpc) is 2.70. The van der Waals surface area contributed by atoms with Crippen molar-refractivity contribution in [1.29, 1.82) is 0 Å². The van der Waals surface area contributed by atoms with Crippen molar-refractivity contribution in [3.05, 3.63) is 34.9 Å². The number of benzene rings is 1. The maximum Gasteiger partial charge on any atom is 0.0219 e. The van der Waals surface area contributed by atoms with Gasteiger partial charge < -0.3 is 11.1 Å². The van der Waals surface area contributed by atoms with Crippen molar-refractivity contribution in [2.24, 2.45) is 5.73 Å². The van der Waals surface area contributed by atoms with Gasteiger partial charge in [0, 0.05) is 12.1 Å². The first kappa shape index (κ1) is 12.6. The van der Waals surface area contributed by atoms with Gasteiger partial charge in [0.05, 0.1) is 0 Å². The van der Waals surface area contributed by atoms with Crippen LogP contribution in [0.25, 0.3) is 0 Å². The predicted octanol–water partition coefficient (Wildman–Crippen LogP) is 2.32. The third-order valence-electron chi connectivity index (χ3n) is 3.96. The van der Waals surface area contributed by atoms with E-state index in [-0.39, 0.29) is 0 Å². The van der Waals surface area contributed by atoms with Crippen molar-refractivity contribution in [3.63, 3.8) is 0 Å². The number of nitrogens with one attached hydrogen (secondary N) is 1. The van der Waals surface area contributed by atoms with Crippen molar-refractivity contribution < 1.29 is 0 Å². The molecule has 2 unspecified atom stereocenters. The number of rotatable bonds is 4. The van der Waals surface area contributed by atoms with Crippen LogP contribution in [0.4, 0.5) is 0 Å². The summed E-state index contributed by atoms with van der Waals surface area (Å²) in [4.78, 5) is 0. The molecule has 1 saturated carbocycles. The van der Waals surface area contributed by atoms with E-state index < -0.39 is 0 Å². The molecule has 0 bridgehead atoms. The van der Waals surface area contributed by atoms with E-state index in [0.29, 0.717) is 12.1 Å². The Morgan fingerprint density at radius 1 is 1.24 bits per heavy atom. The normalized spacial score (nSPS) is 24.2. The summed E-state index contributed by atoms with van der Waals surface area (Å²) in [7, 11) is 0. The molecule has 0 spiro atoms. The molecule has 1 aliphatic carbocycles. The van der Waals surface area contributed by atoms with E-state index >= 15 is 0 Å². The first-order valence-corrected chi connectivity index (χ1v) is 6.72. The largest absolute Gasteiger partial charge is 0.326 e. The van der Waals surface area contributed by atoms with Crippen LogP contribution >= 0.6 is 0 Å². The van der Waals surface area contributed by atoms with Crippen molar-refractivity contribution in [2.45, 2.75) is 51.6 Å². The summed E-state index contributed by atoms with van der Waals surface area (Å²) < 4.78 is 0. The molecule has 3 N–H and O–H groups in total. The SMILES string of the molecule is Cc1ccc(CCNC2CCCC2N)cc1C. The van der Waals surface area contributed by atoms with E-state index in [9.17, 15) is 0 Å². The minimum atomic E-state index is 0.370. The van der Waals surface area contributed by atoms with Gasteiger partial charge in [-0.1, -0.05) is 24.6 Å². The van der Waals surface area contributed by atoms with Gasteiger partial charge in [-0.05, 0) is 56.3 Å². The third kappa shape index (κ3) is 3.30. The highest BCUT2D eigenvalue weighted by atomic mass is 15.0. The molecule has 0 aromatic heterocycles. The van der Waals surface area contributed by atoms with E-state index in [0.717, 1.165) is 13.0 Å². The molecular weight excluding hydrogens is 208 g/mol. The molecule has 2 rings (SSSR count). The highest BCUT2D eigenvalue weighted by molar-refractivity contribution is 5.30. The quantitative estimate of drug-likeness (QED) is 0.836. The Balaban J connectivity index is 1.79. The molecule has 0 heterocycles. The lowest BCUT2D eigenvalue weighted by atomic mass is 10.0. The summed E-state index contributed by atoms with van der Waals surface area (Å²) in [5.41, 5.74) is 10.2. The Bertz CT molecular complexity index is 373. The molecule has 0 radical (unpaired) electrons. The van der Waals surface area contributed by atoms with Crippen LogP contribution in [0.5, 0.6) is 0 Å². The second-order valence-corrected chi connectivity index (χ2v) is 5.32. The van der Waals surface area contributed by atoms with E-state index in [1.54, 1.807) is 0 Å². The molecule has 0 saturated heterocycles. The zero-order valence-electron chi connectivity index (χ0n) is 11.0. The fraction of sp³-hybridized carbons (Fsp3) is 0.600. The second kappa shape index (κ2) is 5.65. The van der Waals surface area contributed by atoms with E-state index in [1.165, 1.54) is 36.0 Å². The van der Waals surface area contributed by atoms with Crippen LogP contribution in [-0.2, 0) is 6.42 Å². The van der Waals surface area contributed by atoms with Crippen LogP contribution in [0.2, 0.25) is 0 Å². The van der Waals surface area contributed by atoms with E-state index in [4.69, 9.17) is 5.73 Å². The molecular formula is C15H24N2. The maximum absolute atomic E-state index is 6.04. The fourth-order valence-electron chi connectivity index (χ4n) is 2.60. The van der Waals surface area contributed by atoms with Crippen molar-refractivity contribution in [3.8, 4) is 0 Å². The number of hydrogen-bond acceptors (Lipinski definition) is 2. The molecule has 1 aromatic carbocycles. The lowest BCUT2D eigenvalue weighted by Gasteiger charge is -2.17. The lowest BCUT2D eigenvalue weighted by Crippen LogP contribution is -2.41. The van der Waals surface area contributed by atoms with E-state index in [2.05, 4.69) is 37.4 Å². The van der Waals surface area contributed by atoms with Gasteiger partial charge in [-0.25, -0.2) is 0 Å². The third-order valence-corrected chi connectivity index (χ3v) is 3.96. The van der Waals surface area contributed by atoms with E-state index in [1.807, 2.05) is 0 Å². The fourth-order valence-corrected chi connectivity index (χ4v) is 2.60. The number of aryl methyl sites for hydroxylation is 2. The van der Waals surface area contributed by atoms with Gasteiger partial charge in [0.25, 0.3) is 0 Å². The van der Waals surface area contributed by atoms with Gasteiger partial charge in [0.2, 0.25) is 0 Å². The molecule has 2 heteroatoms. The molecule has 1 aliphatic rings. The summed E-state index contributed by atoms with van der Waals surface area (Å²) in [6.07, 6.45) is 4.81. The number of nitrogens with two attached hydrogens (primary N) is 1. The molecule has 17 heavy (non-hydrogen) atoms. The van der Waals surface area contributed by atoms with Crippen LogP contribution in [-0.4, -0.2) is 18.6 Å². The van der Waals surface area contributed by atoms with Crippen LogP contribution in [0, 0.1) is 13.8 Å². The first-order valence-electron chi connectivity index (χ1n) is 6.72. The summed E-state index contributed by atoms with van der Waals surface area (Å²) >= 11 is 0. The van der Waals surface area contributed by atoms with Gasteiger partial charge in [0.15, 0.2) is 0 Å².